The molecule has 0 radical (unpaired) electrons. The molecule has 3 atom stereocenters. The molecule has 2 aliphatic rings. The molecule has 5 rings (SSSR count). The quantitative estimate of drug-likeness (QED) is 0.488. The Morgan fingerprint density at radius 3 is 2.82 bits per heavy atom. The zero-order valence-corrected chi connectivity index (χ0v) is 17.5. The monoisotopic (exact) mass is 467 g/mol. The van der Waals surface area contributed by atoms with Crippen molar-refractivity contribution in [3.63, 3.8) is 0 Å². The number of hydrogen-bond donors (Lipinski definition) is 3. The van der Waals surface area contributed by atoms with Crippen molar-refractivity contribution < 1.29 is 27.1 Å². The van der Waals surface area contributed by atoms with Crippen LogP contribution in [0, 0.1) is 0 Å². The number of ether oxygens (including phenoxy) is 1. The predicted octanol–water partition coefficient (Wildman–Crippen LogP) is 4.08. The zero-order valence-electron chi connectivity index (χ0n) is 17.5. The summed E-state index contributed by atoms with van der Waals surface area (Å²) in [5.41, 5.74) is -0.537. The van der Waals surface area contributed by atoms with Crippen molar-refractivity contribution in [3.05, 3.63) is 35.9 Å². The van der Waals surface area contributed by atoms with Crippen molar-refractivity contribution in [1.82, 2.24) is 30.1 Å². The van der Waals surface area contributed by atoms with Crippen LogP contribution in [-0.2, 0) is 10.9 Å². The van der Waals surface area contributed by atoms with Gasteiger partial charge in [0.2, 0.25) is 0 Å². The van der Waals surface area contributed by atoms with Crippen LogP contribution in [0.25, 0.3) is 5.52 Å². The molecule has 13 heteroatoms. The van der Waals surface area contributed by atoms with Crippen molar-refractivity contribution in [3.8, 4) is 0 Å². The summed E-state index contributed by atoms with van der Waals surface area (Å²) < 4.78 is 59.8. The Morgan fingerprint density at radius 1 is 1.30 bits per heavy atom. The number of carbonyl (C=O) groups is 1. The van der Waals surface area contributed by atoms with Crippen LogP contribution in [0.5, 0.6) is 0 Å². The third-order valence-electron chi connectivity index (χ3n) is 6.06. The summed E-state index contributed by atoms with van der Waals surface area (Å²) in [6.07, 6.45) is -2.55. The Balaban J connectivity index is 1.26. The number of hydrogen-bond acceptors (Lipinski definition) is 6. The smallest absolute Gasteiger partial charge is 0.435 e. The first-order chi connectivity index (χ1) is 15.6. The van der Waals surface area contributed by atoms with Crippen LogP contribution in [0.2, 0.25) is 0 Å². The first-order valence-corrected chi connectivity index (χ1v) is 10.5. The molecule has 3 aromatic rings. The fourth-order valence-electron chi connectivity index (χ4n) is 3.94. The fraction of sp³-hybridized carbons (Fsp3) is 0.500. The van der Waals surface area contributed by atoms with Gasteiger partial charge in [0.15, 0.2) is 17.3 Å². The third kappa shape index (κ3) is 4.44. The summed E-state index contributed by atoms with van der Waals surface area (Å²) in [6, 6.07) is 2.53. The summed E-state index contributed by atoms with van der Waals surface area (Å²) in [5.74, 6) is 0.187. The van der Waals surface area contributed by atoms with Gasteiger partial charge in [0, 0.05) is 41.7 Å². The van der Waals surface area contributed by atoms with Gasteiger partial charge >= 0.3 is 12.3 Å². The van der Waals surface area contributed by atoms with Crippen molar-refractivity contribution in [2.45, 2.75) is 62.5 Å². The van der Waals surface area contributed by atoms with E-state index in [2.05, 4.69) is 30.9 Å². The average Bonchev–Trinajstić information content (AvgIpc) is 3.13. The van der Waals surface area contributed by atoms with Gasteiger partial charge in [-0.1, -0.05) is 0 Å². The van der Waals surface area contributed by atoms with E-state index in [-0.39, 0.29) is 29.2 Å². The highest BCUT2D eigenvalue weighted by molar-refractivity contribution is 5.72. The summed E-state index contributed by atoms with van der Waals surface area (Å²) in [7, 11) is 0. The van der Waals surface area contributed by atoms with Gasteiger partial charge in [-0.15, -0.1) is 0 Å². The standard InChI is InChI=1S/C20H21F4N7O2/c1-19(2-3-19)27-18(32)33-14-7-10(6-11(14)21)12-8-16(29-28-12)26-17-13-9-15(20(22,23)24)30-31(13)5-4-25-17/h4-5,8-11,14H,2-3,6-7H2,1H3,(H,27,32)(H2,25,26,28,29)/t10-,11+,14-/m0/s1. The maximum atomic E-state index is 14.5. The number of aromatic amines is 1. The molecule has 2 fully saturated rings. The number of carbonyl (C=O) groups excluding carboxylic acids is 1. The summed E-state index contributed by atoms with van der Waals surface area (Å²) in [6.45, 7) is 1.90. The molecule has 0 aromatic carbocycles. The number of alkyl halides is 4. The highest BCUT2D eigenvalue weighted by atomic mass is 19.4. The van der Waals surface area contributed by atoms with Crippen molar-refractivity contribution in [2.24, 2.45) is 0 Å². The largest absolute Gasteiger partial charge is 0.443 e. The van der Waals surface area contributed by atoms with Crippen molar-refractivity contribution in [2.75, 3.05) is 5.32 Å². The van der Waals surface area contributed by atoms with Gasteiger partial charge in [-0.2, -0.15) is 23.4 Å². The number of H-pyrrole nitrogens is 1. The number of nitrogens with one attached hydrogen (secondary N) is 3. The van der Waals surface area contributed by atoms with E-state index in [9.17, 15) is 22.4 Å². The summed E-state index contributed by atoms with van der Waals surface area (Å²) in [5, 5.41) is 16.1. The molecule has 3 aromatic heterocycles. The predicted molar refractivity (Wildman–Crippen MR) is 108 cm³/mol. The van der Waals surface area contributed by atoms with E-state index < -0.39 is 30.2 Å². The number of nitrogens with zero attached hydrogens (tertiary/aromatic N) is 4. The molecular weight excluding hydrogens is 446 g/mol. The Hall–Kier alpha value is -3.38. The molecule has 2 saturated carbocycles. The summed E-state index contributed by atoms with van der Waals surface area (Å²) >= 11 is 0. The highest BCUT2D eigenvalue weighted by Crippen LogP contribution is 2.39. The van der Waals surface area contributed by atoms with Gasteiger partial charge in [0.05, 0.1) is 0 Å². The van der Waals surface area contributed by atoms with Gasteiger partial charge in [0.1, 0.15) is 17.8 Å². The third-order valence-corrected chi connectivity index (χ3v) is 6.06. The van der Waals surface area contributed by atoms with E-state index >= 15 is 0 Å². The van der Waals surface area contributed by atoms with Crippen LogP contribution in [0.15, 0.2) is 24.5 Å². The molecule has 1 amide bonds. The molecule has 9 nitrogen and oxygen atoms in total. The second-order valence-corrected chi connectivity index (χ2v) is 8.78. The normalized spacial score (nSPS) is 24.1. The van der Waals surface area contributed by atoms with E-state index in [1.165, 1.54) is 12.4 Å². The molecule has 3 N–H and O–H groups in total. The van der Waals surface area contributed by atoms with Crippen LogP contribution in [0.4, 0.5) is 34.0 Å². The lowest BCUT2D eigenvalue weighted by molar-refractivity contribution is -0.141. The van der Waals surface area contributed by atoms with Gasteiger partial charge in [-0.25, -0.2) is 18.7 Å². The maximum Gasteiger partial charge on any atom is 0.435 e. The maximum absolute atomic E-state index is 14.5. The lowest BCUT2D eigenvalue weighted by Crippen LogP contribution is -2.38. The average molecular weight is 467 g/mol. The number of amides is 1. The minimum absolute atomic E-state index is 0.128. The highest BCUT2D eigenvalue weighted by Gasteiger charge is 2.42. The second-order valence-electron chi connectivity index (χ2n) is 8.78. The van der Waals surface area contributed by atoms with Gasteiger partial charge in [0.25, 0.3) is 0 Å². The summed E-state index contributed by atoms with van der Waals surface area (Å²) in [4.78, 5) is 16.1. The lowest BCUT2D eigenvalue weighted by Gasteiger charge is -2.17. The van der Waals surface area contributed by atoms with Crippen molar-refractivity contribution >= 4 is 23.2 Å². The molecular formula is C20H21F4N7O2. The molecule has 176 valence electrons. The van der Waals surface area contributed by atoms with Crippen LogP contribution < -0.4 is 10.6 Å². The first-order valence-electron chi connectivity index (χ1n) is 10.5. The van der Waals surface area contributed by atoms with Crippen LogP contribution >= 0.6 is 0 Å². The van der Waals surface area contributed by atoms with Gasteiger partial charge < -0.3 is 15.4 Å². The number of fused-ring (bicyclic) bond motifs is 1. The first kappa shape index (κ1) is 21.5. The topological polar surface area (TPSA) is 109 Å². The van der Waals surface area contributed by atoms with Gasteiger partial charge in [-0.05, 0) is 32.6 Å². The Bertz CT molecular complexity index is 1190. The number of rotatable bonds is 5. The minimum Gasteiger partial charge on any atom is -0.443 e. The van der Waals surface area contributed by atoms with Crippen LogP contribution in [-0.4, -0.2) is 48.7 Å². The molecule has 0 saturated heterocycles. The van der Waals surface area contributed by atoms with Crippen LogP contribution in [0.3, 0.4) is 0 Å². The minimum atomic E-state index is -4.58. The number of alkyl carbamates (subject to hydrolysis) is 1. The molecule has 2 aliphatic carbocycles. The van der Waals surface area contributed by atoms with E-state index in [0.717, 1.165) is 23.4 Å². The van der Waals surface area contributed by atoms with E-state index in [0.29, 0.717) is 17.9 Å². The fourth-order valence-corrected chi connectivity index (χ4v) is 3.94. The number of anilines is 2. The molecule has 0 spiro atoms. The van der Waals surface area contributed by atoms with Gasteiger partial charge in [-0.3, -0.25) is 5.10 Å². The Labute approximate surface area is 184 Å². The van der Waals surface area contributed by atoms with E-state index in [1.54, 1.807) is 6.07 Å². The molecule has 3 heterocycles. The SMILES string of the molecule is CC1(NC(=O)O[C@H]2C[C@@H](c3cc(Nc4nccn5nc(C(F)(F)F)cc45)n[nH]3)C[C@H]2F)CC1. The lowest BCUT2D eigenvalue weighted by atomic mass is 10.0. The Morgan fingerprint density at radius 2 is 2.09 bits per heavy atom. The second kappa shape index (κ2) is 7.59. The van der Waals surface area contributed by atoms with Crippen molar-refractivity contribution in [1.29, 1.82) is 0 Å². The molecule has 0 bridgehead atoms. The molecule has 33 heavy (non-hydrogen) atoms. The number of halogens is 4. The zero-order chi connectivity index (χ0) is 23.4. The van der Waals surface area contributed by atoms with E-state index in [1.807, 2.05) is 6.92 Å². The Kier molecular flexibility index (Phi) is 4.94. The molecule has 0 unspecified atom stereocenters. The number of aromatic nitrogens is 5. The molecule has 0 aliphatic heterocycles. The van der Waals surface area contributed by atoms with E-state index in [4.69, 9.17) is 4.74 Å². The van der Waals surface area contributed by atoms with Crippen LogP contribution in [0.1, 0.15) is 49.9 Å².